The maximum absolute atomic E-state index is 12.7. The average molecular weight is 399 g/mol. The second kappa shape index (κ2) is 7.41. The minimum atomic E-state index is -4.94. The highest BCUT2D eigenvalue weighted by Crippen LogP contribution is 2.41. The van der Waals surface area contributed by atoms with Crippen molar-refractivity contribution in [1.29, 1.82) is 0 Å². The van der Waals surface area contributed by atoms with Crippen molar-refractivity contribution in [2.75, 3.05) is 0 Å². The van der Waals surface area contributed by atoms with E-state index in [9.17, 15) is 26.3 Å². The Bertz CT molecular complexity index is 890. The molecular weight excluding hydrogens is 388 g/mol. The van der Waals surface area contributed by atoms with Gasteiger partial charge >= 0.3 is 12.7 Å². The van der Waals surface area contributed by atoms with E-state index >= 15 is 0 Å². The molecule has 0 atom stereocenters. The largest absolute Gasteiger partial charge is 0.573 e. The molecule has 0 N–H and O–H groups in total. The van der Waals surface area contributed by atoms with Gasteiger partial charge in [-0.3, -0.25) is 4.98 Å². The van der Waals surface area contributed by atoms with Gasteiger partial charge in [-0.1, -0.05) is 36.4 Å². The van der Waals surface area contributed by atoms with Crippen molar-refractivity contribution in [2.45, 2.75) is 12.7 Å². The van der Waals surface area contributed by atoms with Crippen LogP contribution in [0.15, 0.2) is 66.9 Å². The third-order valence-corrected chi connectivity index (χ3v) is 3.58. The zero-order valence-electron chi connectivity index (χ0n) is 13.9. The first-order valence-corrected chi connectivity index (χ1v) is 7.79. The number of halogens is 6. The van der Waals surface area contributed by atoms with Crippen LogP contribution in [0.2, 0.25) is 0 Å². The molecule has 0 bridgehead atoms. The molecule has 0 amide bonds. The van der Waals surface area contributed by atoms with E-state index in [1.807, 2.05) is 0 Å². The van der Waals surface area contributed by atoms with E-state index < -0.39 is 24.2 Å². The first kappa shape index (κ1) is 19.5. The van der Waals surface area contributed by atoms with E-state index in [2.05, 4.69) is 14.5 Å². The van der Waals surface area contributed by atoms with Crippen LogP contribution in [0.3, 0.4) is 0 Å². The Hall–Kier alpha value is -3.23. The van der Waals surface area contributed by atoms with E-state index in [-0.39, 0.29) is 22.4 Å². The van der Waals surface area contributed by atoms with Gasteiger partial charge in [0.1, 0.15) is 11.5 Å². The monoisotopic (exact) mass is 399 g/mol. The molecule has 0 saturated carbocycles. The molecule has 1 heterocycles. The van der Waals surface area contributed by atoms with Crippen LogP contribution in [0.4, 0.5) is 26.3 Å². The quantitative estimate of drug-likeness (QED) is 0.489. The summed E-state index contributed by atoms with van der Waals surface area (Å²) >= 11 is 0. The lowest BCUT2D eigenvalue weighted by molar-refractivity contribution is -0.275. The van der Waals surface area contributed by atoms with Gasteiger partial charge in [0, 0.05) is 22.9 Å². The van der Waals surface area contributed by atoms with Crippen molar-refractivity contribution in [1.82, 2.24) is 4.98 Å². The highest BCUT2D eigenvalue weighted by molar-refractivity contribution is 5.85. The van der Waals surface area contributed by atoms with Crippen molar-refractivity contribution < 1.29 is 35.8 Å². The van der Waals surface area contributed by atoms with Crippen LogP contribution >= 0.6 is 0 Å². The van der Waals surface area contributed by atoms with E-state index in [1.165, 1.54) is 54.7 Å². The van der Waals surface area contributed by atoms with Crippen LogP contribution in [-0.2, 0) is 0 Å². The average Bonchev–Trinajstić information content (AvgIpc) is 2.60. The fraction of sp³-hybridized carbons (Fsp3) is 0.105. The van der Waals surface area contributed by atoms with Crippen molar-refractivity contribution in [3.63, 3.8) is 0 Å². The van der Waals surface area contributed by atoms with E-state index in [0.29, 0.717) is 0 Å². The van der Waals surface area contributed by atoms with Gasteiger partial charge in [0.15, 0.2) is 0 Å². The van der Waals surface area contributed by atoms with Crippen molar-refractivity contribution in [3.8, 4) is 33.9 Å². The number of rotatable bonds is 4. The summed E-state index contributed by atoms with van der Waals surface area (Å²) in [6.07, 6.45) is -8.56. The summed E-state index contributed by atoms with van der Waals surface area (Å²) in [6.45, 7) is 0. The predicted molar refractivity (Wildman–Crippen MR) is 88.5 cm³/mol. The number of hydrogen-bond donors (Lipinski definition) is 0. The fourth-order valence-corrected chi connectivity index (χ4v) is 2.62. The van der Waals surface area contributed by atoms with Gasteiger partial charge in [0.25, 0.3) is 0 Å². The summed E-state index contributed by atoms with van der Waals surface area (Å²) < 4.78 is 84.4. The van der Waals surface area contributed by atoms with Crippen LogP contribution in [-0.4, -0.2) is 17.7 Å². The number of aromatic nitrogens is 1. The molecule has 9 heteroatoms. The van der Waals surface area contributed by atoms with Gasteiger partial charge < -0.3 is 9.47 Å². The summed E-state index contributed by atoms with van der Waals surface area (Å²) in [7, 11) is 0. The fourth-order valence-electron chi connectivity index (χ4n) is 2.62. The third kappa shape index (κ3) is 4.73. The molecule has 3 rings (SSSR count). The normalized spacial score (nSPS) is 11.9. The van der Waals surface area contributed by atoms with Gasteiger partial charge in [-0.05, 0) is 24.3 Å². The lowest BCUT2D eigenvalue weighted by Gasteiger charge is -2.17. The van der Waals surface area contributed by atoms with Crippen LogP contribution in [0.5, 0.6) is 11.5 Å². The molecule has 3 nitrogen and oxygen atoms in total. The molecular formula is C19H11F6NO2. The number of nitrogens with zero attached hydrogens (tertiary/aromatic N) is 1. The zero-order chi connectivity index (χ0) is 20.4. The molecule has 0 fully saturated rings. The first-order valence-electron chi connectivity index (χ1n) is 7.79. The Morgan fingerprint density at radius 2 is 1.04 bits per heavy atom. The summed E-state index contributed by atoms with van der Waals surface area (Å²) in [6, 6.07) is 13.4. The Morgan fingerprint density at radius 1 is 0.571 bits per heavy atom. The molecule has 146 valence electrons. The zero-order valence-corrected chi connectivity index (χ0v) is 13.9. The maximum atomic E-state index is 12.7. The summed E-state index contributed by atoms with van der Waals surface area (Å²) in [5, 5.41) is 0. The number of ether oxygens (including phenoxy) is 2. The van der Waals surface area contributed by atoms with Gasteiger partial charge in [-0.2, -0.15) is 0 Å². The van der Waals surface area contributed by atoms with Gasteiger partial charge in [-0.25, -0.2) is 0 Å². The van der Waals surface area contributed by atoms with Crippen molar-refractivity contribution in [3.05, 3.63) is 66.9 Å². The molecule has 0 aliphatic heterocycles. The van der Waals surface area contributed by atoms with Crippen LogP contribution < -0.4 is 9.47 Å². The summed E-state index contributed by atoms with van der Waals surface area (Å²) in [5.41, 5.74) is 0.156. The van der Waals surface area contributed by atoms with Crippen LogP contribution in [0.25, 0.3) is 22.4 Å². The minimum absolute atomic E-state index is 0.0144. The summed E-state index contributed by atoms with van der Waals surface area (Å²) in [4.78, 5) is 4.07. The minimum Gasteiger partial charge on any atom is -0.405 e. The maximum Gasteiger partial charge on any atom is 0.573 e. The molecule has 0 saturated heterocycles. The van der Waals surface area contributed by atoms with Crippen molar-refractivity contribution in [2.24, 2.45) is 0 Å². The highest BCUT2D eigenvalue weighted by Gasteiger charge is 2.34. The molecule has 28 heavy (non-hydrogen) atoms. The lowest BCUT2D eigenvalue weighted by atomic mass is 9.98. The topological polar surface area (TPSA) is 31.4 Å². The first-order chi connectivity index (χ1) is 13.1. The summed E-state index contributed by atoms with van der Waals surface area (Å²) in [5.74, 6) is -1.03. The number of hydrogen-bond acceptors (Lipinski definition) is 3. The molecule has 2 aromatic carbocycles. The van der Waals surface area contributed by atoms with E-state index in [0.717, 1.165) is 12.1 Å². The third-order valence-electron chi connectivity index (χ3n) is 3.58. The van der Waals surface area contributed by atoms with Gasteiger partial charge in [-0.15, -0.1) is 26.3 Å². The van der Waals surface area contributed by atoms with Crippen LogP contribution in [0, 0.1) is 0 Å². The van der Waals surface area contributed by atoms with Gasteiger partial charge in [0.05, 0.1) is 5.69 Å². The molecule has 0 aliphatic carbocycles. The molecule has 1 aromatic heterocycles. The lowest BCUT2D eigenvalue weighted by Crippen LogP contribution is -2.18. The van der Waals surface area contributed by atoms with Crippen molar-refractivity contribution >= 4 is 0 Å². The van der Waals surface area contributed by atoms with Gasteiger partial charge in [0.2, 0.25) is 0 Å². The Labute approximate surface area is 155 Å². The predicted octanol–water partition coefficient (Wildman–Crippen LogP) is 6.21. The standard InChI is InChI=1S/C19H11F6NO2/c20-18(21,22)27-15-9-3-1-6-12(15)13-8-5-11-26-17(13)14-7-2-4-10-16(14)28-19(23,24)25/h1-11H. The molecule has 3 aromatic rings. The number of alkyl halides is 6. The smallest absolute Gasteiger partial charge is 0.405 e. The molecule has 0 unspecified atom stereocenters. The second-order valence-corrected chi connectivity index (χ2v) is 5.49. The molecule has 0 aliphatic rings. The Kier molecular flexibility index (Phi) is 5.17. The molecule has 0 spiro atoms. The Morgan fingerprint density at radius 3 is 1.61 bits per heavy atom. The number of para-hydroxylation sites is 2. The van der Waals surface area contributed by atoms with E-state index in [1.54, 1.807) is 0 Å². The van der Waals surface area contributed by atoms with E-state index in [4.69, 9.17) is 0 Å². The molecule has 0 radical (unpaired) electrons. The van der Waals surface area contributed by atoms with Crippen LogP contribution in [0.1, 0.15) is 0 Å². The SMILES string of the molecule is FC(F)(F)Oc1ccccc1-c1cccnc1-c1ccccc1OC(F)(F)F. The Balaban J connectivity index is 2.16. The number of benzene rings is 2. The number of pyridine rings is 1. The highest BCUT2D eigenvalue weighted by atomic mass is 19.4. The second-order valence-electron chi connectivity index (χ2n) is 5.49.